The van der Waals surface area contributed by atoms with E-state index in [1.165, 1.54) is 5.56 Å². The summed E-state index contributed by atoms with van der Waals surface area (Å²) >= 11 is 6.92. The van der Waals surface area contributed by atoms with Crippen LogP contribution < -0.4 is 0 Å². The Labute approximate surface area is 124 Å². The second kappa shape index (κ2) is 5.55. The van der Waals surface area contributed by atoms with Gasteiger partial charge in [0.15, 0.2) is 0 Å². The Kier molecular flexibility index (Phi) is 4.25. The Morgan fingerprint density at radius 1 is 0.944 bits per heavy atom. The van der Waals surface area contributed by atoms with Gasteiger partial charge in [0.2, 0.25) is 0 Å². The molecule has 0 saturated carbocycles. The smallest absolute Gasteiger partial charge is 0.105 e. The average Bonchev–Trinajstić information content (AvgIpc) is 2.31. The normalized spacial score (nSPS) is 12.5. The maximum absolute atomic E-state index is 10.5. The topological polar surface area (TPSA) is 20.2 Å². The van der Waals surface area contributed by atoms with Gasteiger partial charge in [-0.2, -0.15) is 0 Å². The van der Waals surface area contributed by atoms with Crippen molar-refractivity contribution in [3.63, 3.8) is 0 Å². The van der Waals surface area contributed by atoms with E-state index in [1.807, 2.05) is 37.3 Å². The van der Waals surface area contributed by atoms with Crippen LogP contribution >= 0.6 is 31.9 Å². The lowest BCUT2D eigenvalue weighted by molar-refractivity contribution is 0.218. The van der Waals surface area contributed by atoms with Crippen LogP contribution in [-0.2, 0) is 0 Å². The molecule has 18 heavy (non-hydrogen) atoms. The van der Waals surface area contributed by atoms with E-state index in [1.54, 1.807) is 0 Å². The number of hydrogen-bond donors (Lipinski definition) is 1. The van der Waals surface area contributed by atoms with Crippen LogP contribution in [0.25, 0.3) is 0 Å². The Balaban J connectivity index is 2.47. The quantitative estimate of drug-likeness (QED) is 0.797. The van der Waals surface area contributed by atoms with Gasteiger partial charge in [-0.25, -0.2) is 0 Å². The predicted octanol–water partition coefficient (Wildman–Crippen LogP) is 4.91. The summed E-state index contributed by atoms with van der Waals surface area (Å²) in [5, 5.41) is 10.5. The number of aryl methyl sites for hydroxylation is 2. The van der Waals surface area contributed by atoms with E-state index in [4.69, 9.17) is 0 Å². The Morgan fingerprint density at radius 2 is 1.67 bits per heavy atom. The maximum atomic E-state index is 10.5. The third-order valence-electron chi connectivity index (χ3n) is 2.97. The Morgan fingerprint density at radius 3 is 2.33 bits per heavy atom. The van der Waals surface area contributed by atoms with E-state index >= 15 is 0 Å². The molecule has 2 aromatic rings. The fraction of sp³-hybridized carbons (Fsp3) is 0.200. The molecule has 0 aliphatic heterocycles. The summed E-state index contributed by atoms with van der Waals surface area (Å²) in [6.45, 7) is 4.08. The van der Waals surface area contributed by atoms with E-state index in [-0.39, 0.29) is 0 Å². The summed E-state index contributed by atoms with van der Waals surface area (Å²) in [4.78, 5) is 0. The van der Waals surface area contributed by atoms with Gasteiger partial charge in [0.25, 0.3) is 0 Å². The van der Waals surface area contributed by atoms with Crippen LogP contribution in [0.1, 0.15) is 28.4 Å². The second-order valence-electron chi connectivity index (χ2n) is 4.43. The lowest BCUT2D eigenvalue weighted by atomic mass is 9.96. The molecule has 0 spiro atoms. The molecule has 0 heterocycles. The second-order valence-corrected chi connectivity index (χ2v) is 6.20. The summed E-state index contributed by atoms with van der Waals surface area (Å²) in [5.74, 6) is 0. The van der Waals surface area contributed by atoms with Crippen molar-refractivity contribution in [2.45, 2.75) is 20.0 Å². The standard InChI is InChI=1S/C15H14Br2O/c1-9-3-5-12(10(2)7-9)15(18)13-8-11(16)4-6-14(13)17/h3-8,15,18H,1-2H3. The molecule has 0 aromatic heterocycles. The SMILES string of the molecule is Cc1ccc(C(O)c2cc(Br)ccc2Br)c(C)c1. The first-order chi connectivity index (χ1) is 8.49. The number of halogens is 2. The van der Waals surface area contributed by atoms with Crippen molar-refractivity contribution in [3.05, 3.63) is 67.6 Å². The fourth-order valence-corrected chi connectivity index (χ4v) is 2.87. The summed E-state index contributed by atoms with van der Waals surface area (Å²) in [7, 11) is 0. The van der Waals surface area contributed by atoms with Crippen LogP contribution in [-0.4, -0.2) is 5.11 Å². The molecule has 0 aliphatic carbocycles. The van der Waals surface area contributed by atoms with Gasteiger partial charge in [-0.15, -0.1) is 0 Å². The zero-order chi connectivity index (χ0) is 13.3. The molecule has 94 valence electrons. The van der Waals surface area contributed by atoms with Gasteiger partial charge in [-0.05, 0) is 43.2 Å². The lowest BCUT2D eigenvalue weighted by Gasteiger charge is -2.16. The van der Waals surface area contributed by atoms with Gasteiger partial charge in [-0.1, -0.05) is 55.6 Å². The van der Waals surface area contributed by atoms with Crippen molar-refractivity contribution in [1.82, 2.24) is 0 Å². The zero-order valence-electron chi connectivity index (χ0n) is 10.2. The van der Waals surface area contributed by atoms with Crippen LogP contribution in [0.15, 0.2) is 45.3 Å². The van der Waals surface area contributed by atoms with Gasteiger partial charge in [0.05, 0.1) is 0 Å². The Hall–Kier alpha value is -0.640. The average molecular weight is 370 g/mol. The molecule has 1 atom stereocenters. The highest BCUT2D eigenvalue weighted by Gasteiger charge is 2.16. The number of rotatable bonds is 2. The van der Waals surface area contributed by atoms with Gasteiger partial charge in [0.1, 0.15) is 6.10 Å². The molecule has 0 saturated heterocycles. The van der Waals surface area contributed by atoms with Crippen molar-refractivity contribution in [2.75, 3.05) is 0 Å². The molecule has 3 heteroatoms. The first kappa shape index (κ1) is 13.8. The summed E-state index contributed by atoms with van der Waals surface area (Å²) in [6, 6.07) is 11.9. The largest absolute Gasteiger partial charge is 0.384 e. The minimum absolute atomic E-state index is 0.613. The third kappa shape index (κ3) is 2.85. The molecular formula is C15H14Br2O. The zero-order valence-corrected chi connectivity index (χ0v) is 13.4. The van der Waals surface area contributed by atoms with Crippen LogP contribution in [0.4, 0.5) is 0 Å². The van der Waals surface area contributed by atoms with E-state index in [9.17, 15) is 5.11 Å². The van der Waals surface area contributed by atoms with Crippen molar-refractivity contribution < 1.29 is 5.11 Å². The van der Waals surface area contributed by atoms with E-state index in [0.717, 1.165) is 25.6 Å². The minimum Gasteiger partial charge on any atom is -0.384 e. The van der Waals surface area contributed by atoms with Gasteiger partial charge in [-0.3, -0.25) is 0 Å². The van der Waals surface area contributed by atoms with Crippen molar-refractivity contribution in [2.24, 2.45) is 0 Å². The fourth-order valence-electron chi connectivity index (χ4n) is 2.02. The van der Waals surface area contributed by atoms with Crippen LogP contribution in [0.3, 0.4) is 0 Å². The van der Waals surface area contributed by atoms with Crippen molar-refractivity contribution in [1.29, 1.82) is 0 Å². The molecule has 1 N–H and O–H groups in total. The van der Waals surface area contributed by atoms with Crippen LogP contribution in [0.5, 0.6) is 0 Å². The highest BCUT2D eigenvalue weighted by Crippen LogP contribution is 2.32. The highest BCUT2D eigenvalue weighted by molar-refractivity contribution is 9.11. The third-order valence-corrected chi connectivity index (χ3v) is 4.19. The summed E-state index contributed by atoms with van der Waals surface area (Å²) < 4.78 is 1.88. The first-order valence-corrected chi connectivity index (χ1v) is 7.28. The monoisotopic (exact) mass is 368 g/mol. The summed E-state index contributed by atoms with van der Waals surface area (Å²) in [5.41, 5.74) is 4.13. The molecule has 2 rings (SSSR count). The van der Waals surface area contributed by atoms with E-state index < -0.39 is 6.10 Å². The van der Waals surface area contributed by atoms with Crippen molar-refractivity contribution >= 4 is 31.9 Å². The molecule has 0 fully saturated rings. The maximum Gasteiger partial charge on any atom is 0.105 e. The molecule has 1 nitrogen and oxygen atoms in total. The van der Waals surface area contributed by atoms with Crippen LogP contribution in [0.2, 0.25) is 0 Å². The Bertz CT molecular complexity index is 579. The lowest BCUT2D eigenvalue weighted by Crippen LogP contribution is -2.03. The van der Waals surface area contributed by atoms with Crippen LogP contribution in [0, 0.1) is 13.8 Å². The number of aliphatic hydroxyl groups excluding tert-OH is 1. The van der Waals surface area contributed by atoms with E-state index in [2.05, 4.69) is 44.8 Å². The molecule has 0 amide bonds. The molecule has 1 unspecified atom stereocenters. The first-order valence-electron chi connectivity index (χ1n) is 5.69. The minimum atomic E-state index is -0.613. The van der Waals surface area contributed by atoms with E-state index in [0.29, 0.717) is 0 Å². The molecule has 2 aromatic carbocycles. The van der Waals surface area contributed by atoms with Crippen molar-refractivity contribution in [3.8, 4) is 0 Å². The van der Waals surface area contributed by atoms with Gasteiger partial charge < -0.3 is 5.11 Å². The number of benzene rings is 2. The van der Waals surface area contributed by atoms with Gasteiger partial charge >= 0.3 is 0 Å². The molecule has 0 bridgehead atoms. The number of aliphatic hydroxyl groups is 1. The summed E-state index contributed by atoms with van der Waals surface area (Å²) in [6.07, 6.45) is -0.613. The molecule has 0 radical (unpaired) electrons. The van der Waals surface area contributed by atoms with Gasteiger partial charge in [0, 0.05) is 14.5 Å². The predicted molar refractivity (Wildman–Crippen MR) is 81.8 cm³/mol. The molecule has 0 aliphatic rings. The number of hydrogen-bond acceptors (Lipinski definition) is 1. The highest BCUT2D eigenvalue weighted by atomic mass is 79.9. The molecular weight excluding hydrogens is 356 g/mol.